The molecule has 5 aromatic rings. The summed E-state index contributed by atoms with van der Waals surface area (Å²) in [5.74, 6) is 0. The number of pyridine rings is 1. The van der Waals surface area contributed by atoms with Crippen molar-refractivity contribution in [2.24, 2.45) is 0 Å². The van der Waals surface area contributed by atoms with Gasteiger partial charge in [-0.2, -0.15) is 0 Å². The van der Waals surface area contributed by atoms with E-state index in [-0.39, 0.29) is 5.41 Å². The highest BCUT2D eigenvalue weighted by Gasteiger charge is 2.45. The highest BCUT2D eigenvalue weighted by molar-refractivity contribution is 7.99. The maximum absolute atomic E-state index is 4.93. The maximum Gasteiger partial charge on any atom is 0.0646 e. The molecule has 0 unspecified atom stereocenters. The van der Waals surface area contributed by atoms with Gasteiger partial charge in [-0.25, -0.2) is 0 Å². The summed E-state index contributed by atoms with van der Waals surface area (Å²) in [6, 6.07) is 36.2. The van der Waals surface area contributed by atoms with Gasteiger partial charge in [0.15, 0.2) is 0 Å². The first-order chi connectivity index (χ1) is 24.2. The largest absolute Gasteiger partial charge is 0.345 e. The third kappa shape index (κ3) is 4.75. The summed E-state index contributed by atoms with van der Waals surface area (Å²) in [6.45, 7) is 1.13. The molecule has 3 nitrogen and oxygen atoms in total. The topological polar surface area (TPSA) is 19.4 Å². The van der Waals surface area contributed by atoms with Gasteiger partial charge in [0.2, 0.25) is 0 Å². The molecule has 0 radical (unpaired) electrons. The van der Waals surface area contributed by atoms with Gasteiger partial charge >= 0.3 is 0 Å². The van der Waals surface area contributed by atoms with Gasteiger partial charge in [-0.05, 0) is 127 Å². The minimum Gasteiger partial charge on any atom is -0.345 e. The van der Waals surface area contributed by atoms with E-state index in [1.807, 2.05) is 18.0 Å². The number of allylic oxidation sites excluding steroid dienone is 4. The van der Waals surface area contributed by atoms with Gasteiger partial charge in [-0.3, -0.25) is 4.98 Å². The number of para-hydroxylation sites is 2. The fraction of sp³-hybridized carbons (Fsp3) is 0.222. The van der Waals surface area contributed by atoms with Crippen LogP contribution in [0.2, 0.25) is 0 Å². The van der Waals surface area contributed by atoms with Crippen molar-refractivity contribution in [2.45, 2.75) is 66.6 Å². The predicted octanol–water partition coefficient (Wildman–Crippen LogP) is 12.2. The van der Waals surface area contributed by atoms with Gasteiger partial charge in [0.25, 0.3) is 0 Å². The van der Waals surface area contributed by atoms with Crippen molar-refractivity contribution in [1.82, 2.24) is 4.98 Å². The van der Waals surface area contributed by atoms with Crippen LogP contribution in [-0.2, 0) is 5.41 Å². The van der Waals surface area contributed by atoms with Crippen LogP contribution in [0.5, 0.6) is 0 Å². The Hall–Kier alpha value is -4.80. The highest BCUT2D eigenvalue weighted by Crippen LogP contribution is 2.58. The zero-order valence-corrected chi connectivity index (χ0v) is 28.6. The van der Waals surface area contributed by atoms with E-state index in [0.29, 0.717) is 0 Å². The Morgan fingerprint density at radius 1 is 0.694 bits per heavy atom. The maximum atomic E-state index is 4.93. The minimum atomic E-state index is 0.128. The van der Waals surface area contributed by atoms with Crippen LogP contribution in [0.1, 0.15) is 73.8 Å². The van der Waals surface area contributed by atoms with E-state index in [1.54, 1.807) is 16.8 Å². The van der Waals surface area contributed by atoms with Crippen LogP contribution in [0.4, 0.5) is 22.7 Å². The minimum absolute atomic E-state index is 0.128. The molecule has 4 aromatic carbocycles. The monoisotopic (exact) mass is 653 g/mol. The van der Waals surface area contributed by atoms with Crippen molar-refractivity contribution in [2.75, 3.05) is 16.3 Å². The van der Waals surface area contributed by atoms with Crippen molar-refractivity contribution in [3.8, 4) is 11.1 Å². The van der Waals surface area contributed by atoms with E-state index in [9.17, 15) is 0 Å². The van der Waals surface area contributed by atoms with Gasteiger partial charge in [-0.1, -0.05) is 91.4 Å². The molecule has 10 rings (SSSR count). The lowest BCUT2D eigenvalue weighted by Gasteiger charge is -2.36. The molecule has 1 spiro atoms. The molecule has 3 heterocycles. The van der Waals surface area contributed by atoms with Crippen LogP contribution in [0.25, 0.3) is 23.3 Å². The standard InChI is InChI=1S/C45H39N3S/c1-2-12-40-32(10-1)11-9-27-47(40)34-22-24-37-36-23-18-31(28-38(36)45(39(37)29-34)25-7-8-26-45)17-19-33-20-21-35(30-46-33)48-41-13-3-5-15-43(41)49-44-16-6-4-14-42(44)48/h1,3-6,10,13-24,28-30H,2,7-9,11-12,25-27H2. The summed E-state index contributed by atoms with van der Waals surface area (Å²) in [7, 11) is 0. The molecule has 240 valence electrons. The number of nitrogens with zero attached hydrogens (tertiary/aromatic N) is 3. The summed E-state index contributed by atoms with van der Waals surface area (Å²) >= 11 is 1.83. The van der Waals surface area contributed by atoms with Crippen LogP contribution in [0.3, 0.4) is 0 Å². The summed E-state index contributed by atoms with van der Waals surface area (Å²) in [5.41, 5.74) is 16.3. The molecule has 0 saturated heterocycles. The van der Waals surface area contributed by atoms with Crippen LogP contribution in [0.15, 0.2) is 136 Å². The lowest BCUT2D eigenvalue weighted by Crippen LogP contribution is -2.30. The quantitative estimate of drug-likeness (QED) is 0.188. The molecule has 0 atom stereocenters. The van der Waals surface area contributed by atoms with Crippen molar-refractivity contribution in [3.63, 3.8) is 0 Å². The fourth-order valence-electron chi connectivity index (χ4n) is 9.17. The SMILES string of the molecule is C1=CC2=C(CC1)N(c1ccc3c(c1)C1(CCCC1)c1cc(C=Cc4ccc(N5c6ccccc6Sc6ccccc65)cn4)ccc1-3)CCC2. The van der Waals surface area contributed by atoms with E-state index >= 15 is 0 Å². The molecule has 49 heavy (non-hydrogen) atoms. The van der Waals surface area contributed by atoms with E-state index in [0.717, 1.165) is 24.3 Å². The Bertz CT molecular complexity index is 2160. The molecule has 1 saturated carbocycles. The van der Waals surface area contributed by atoms with Crippen molar-refractivity contribution in [1.29, 1.82) is 0 Å². The zero-order valence-electron chi connectivity index (χ0n) is 27.7. The number of benzene rings is 4. The molecule has 4 heteroatoms. The number of fused-ring (bicyclic) bond motifs is 7. The Morgan fingerprint density at radius 3 is 2.20 bits per heavy atom. The second kappa shape index (κ2) is 11.7. The molecule has 0 bridgehead atoms. The smallest absolute Gasteiger partial charge is 0.0646 e. The molecule has 5 aliphatic rings. The van der Waals surface area contributed by atoms with Crippen molar-refractivity contribution in [3.05, 3.63) is 149 Å². The van der Waals surface area contributed by atoms with Crippen molar-refractivity contribution < 1.29 is 0 Å². The normalized spacial score (nSPS) is 18.4. The Morgan fingerprint density at radius 2 is 1.43 bits per heavy atom. The second-order valence-electron chi connectivity index (χ2n) is 14.1. The number of aromatic nitrogens is 1. The molecular formula is C45H39N3S. The number of rotatable bonds is 4. The number of hydrogen-bond acceptors (Lipinski definition) is 4. The molecule has 1 fully saturated rings. The Balaban J connectivity index is 0.951. The second-order valence-corrected chi connectivity index (χ2v) is 15.2. The predicted molar refractivity (Wildman–Crippen MR) is 205 cm³/mol. The lowest BCUT2D eigenvalue weighted by atomic mass is 9.76. The first kappa shape index (κ1) is 29.1. The number of anilines is 4. The average molecular weight is 654 g/mol. The Labute approximate surface area is 293 Å². The van der Waals surface area contributed by atoms with Crippen LogP contribution >= 0.6 is 11.8 Å². The number of hydrogen-bond donors (Lipinski definition) is 0. The third-order valence-electron chi connectivity index (χ3n) is 11.4. The van der Waals surface area contributed by atoms with E-state index in [4.69, 9.17) is 4.98 Å². The van der Waals surface area contributed by atoms with Crippen LogP contribution < -0.4 is 9.80 Å². The van der Waals surface area contributed by atoms with Gasteiger partial charge in [0.05, 0.1) is 29.0 Å². The molecular weight excluding hydrogens is 615 g/mol. The first-order valence-electron chi connectivity index (χ1n) is 18.0. The van der Waals surface area contributed by atoms with E-state index < -0.39 is 0 Å². The van der Waals surface area contributed by atoms with E-state index in [2.05, 4.69) is 131 Å². The average Bonchev–Trinajstić information content (AvgIpc) is 3.76. The first-order valence-corrected chi connectivity index (χ1v) is 18.8. The van der Waals surface area contributed by atoms with E-state index in [1.165, 1.54) is 94.1 Å². The Kier molecular flexibility index (Phi) is 6.94. The van der Waals surface area contributed by atoms with Gasteiger partial charge in [0.1, 0.15) is 0 Å². The molecule has 0 amide bonds. The summed E-state index contributed by atoms with van der Waals surface area (Å²) in [4.78, 5) is 12.4. The lowest BCUT2D eigenvalue weighted by molar-refractivity contribution is 0.549. The molecule has 3 aliphatic carbocycles. The third-order valence-corrected chi connectivity index (χ3v) is 12.6. The summed E-state index contributed by atoms with van der Waals surface area (Å²) in [6.07, 6.45) is 21.0. The van der Waals surface area contributed by atoms with Crippen LogP contribution in [-0.4, -0.2) is 11.5 Å². The molecule has 2 aliphatic heterocycles. The van der Waals surface area contributed by atoms with Gasteiger partial charge in [0, 0.05) is 33.1 Å². The molecule has 1 aromatic heterocycles. The van der Waals surface area contributed by atoms with Crippen molar-refractivity contribution >= 4 is 46.7 Å². The fourth-order valence-corrected chi connectivity index (χ4v) is 10.2. The summed E-state index contributed by atoms with van der Waals surface area (Å²) < 4.78 is 0. The van der Waals surface area contributed by atoms with Gasteiger partial charge in [-0.15, -0.1) is 0 Å². The van der Waals surface area contributed by atoms with Crippen LogP contribution in [0, 0.1) is 0 Å². The zero-order chi connectivity index (χ0) is 32.4. The molecule has 0 N–H and O–H groups in total. The highest BCUT2D eigenvalue weighted by atomic mass is 32.2. The van der Waals surface area contributed by atoms with Gasteiger partial charge < -0.3 is 9.80 Å². The summed E-state index contributed by atoms with van der Waals surface area (Å²) in [5, 5.41) is 0.